The number of hydrogen-bond acceptors (Lipinski definition) is 3. The second kappa shape index (κ2) is 10.6. The summed E-state index contributed by atoms with van der Waals surface area (Å²) in [4.78, 5) is 16.3. The second-order valence-corrected chi connectivity index (χ2v) is 6.52. The number of anilines is 1. The van der Waals surface area contributed by atoms with Crippen LogP contribution in [0.2, 0.25) is 0 Å². The number of carbonyl (C=O) groups is 1. The molecule has 4 N–H and O–H groups in total. The molecule has 0 unspecified atom stereocenters. The highest BCUT2D eigenvalue weighted by molar-refractivity contribution is 9.10. The van der Waals surface area contributed by atoms with Crippen LogP contribution in [0.5, 0.6) is 0 Å². The molecular formula is C19H23BrN4O2. The standard InChI is InChI=1S/C19H23BrN4O2/c1-26-13-15-6-2-3-9-17(15)24-19(21)23-11-5-10-22-18(25)14-7-4-8-16(20)12-14/h2-4,6-9,12H,5,10-11,13H2,1H3,(H,22,25)(H3,21,23,24). The largest absolute Gasteiger partial charge is 0.380 e. The van der Waals surface area contributed by atoms with Crippen molar-refractivity contribution in [3.8, 4) is 0 Å². The zero-order valence-corrected chi connectivity index (χ0v) is 16.3. The van der Waals surface area contributed by atoms with E-state index in [1.807, 2.05) is 36.4 Å². The number of nitrogens with two attached hydrogens (primary N) is 1. The molecule has 2 rings (SSSR count). The highest BCUT2D eigenvalue weighted by Crippen LogP contribution is 2.15. The molecule has 0 aliphatic carbocycles. The van der Waals surface area contributed by atoms with Crippen molar-refractivity contribution >= 4 is 33.5 Å². The molecule has 0 aliphatic rings. The highest BCUT2D eigenvalue weighted by Gasteiger charge is 2.05. The maximum atomic E-state index is 12.0. The molecule has 0 atom stereocenters. The zero-order valence-electron chi connectivity index (χ0n) is 14.7. The second-order valence-electron chi connectivity index (χ2n) is 5.60. The van der Waals surface area contributed by atoms with Crippen molar-refractivity contribution in [1.82, 2.24) is 5.32 Å². The van der Waals surface area contributed by atoms with E-state index in [0.29, 0.717) is 37.6 Å². The van der Waals surface area contributed by atoms with E-state index in [2.05, 4.69) is 31.6 Å². The van der Waals surface area contributed by atoms with Crippen molar-refractivity contribution in [2.75, 3.05) is 25.5 Å². The maximum Gasteiger partial charge on any atom is 0.251 e. The van der Waals surface area contributed by atoms with Crippen molar-refractivity contribution in [1.29, 1.82) is 0 Å². The molecule has 0 fully saturated rings. The molecule has 0 aliphatic heterocycles. The molecule has 0 saturated carbocycles. The normalized spacial score (nSPS) is 11.2. The van der Waals surface area contributed by atoms with Crippen molar-refractivity contribution in [3.63, 3.8) is 0 Å². The Bertz CT molecular complexity index is 765. The molecule has 26 heavy (non-hydrogen) atoms. The van der Waals surface area contributed by atoms with Gasteiger partial charge in [0.05, 0.1) is 6.61 Å². The Hall–Kier alpha value is -2.38. The molecule has 7 heteroatoms. The van der Waals surface area contributed by atoms with Gasteiger partial charge in [-0.2, -0.15) is 0 Å². The summed E-state index contributed by atoms with van der Waals surface area (Å²) in [6.07, 6.45) is 0.696. The van der Waals surface area contributed by atoms with Gasteiger partial charge in [0.2, 0.25) is 0 Å². The molecule has 0 saturated heterocycles. The first kappa shape index (κ1) is 19.9. The molecule has 0 aromatic heterocycles. The predicted octanol–water partition coefficient (Wildman–Crippen LogP) is 3.14. The van der Waals surface area contributed by atoms with Crippen LogP contribution < -0.4 is 16.4 Å². The minimum Gasteiger partial charge on any atom is -0.380 e. The summed E-state index contributed by atoms with van der Waals surface area (Å²) in [6.45, 7) is 1.55. The number of nitrogens with one attached hydrogen (secondary N) is 2. The van der Waals surface area contributed by atoms with E-state index in [0.717, 1.165) is 15.7 Å². The quantitative estimate of drug-likeness (QED) is 0.349. The van der Waals surface area contributed by atoms with Gasteiger partial charge in [-0.05, 0) is 30.7 Å². The fraction of sp³-hybridized carbons (Fsp3) is 0.263. The number of methoxy groups -OCH3 is 1. The lowest BCUT2D eigenvalue weighted by Crippen LogP contribution is -2.26. The van der Waals surface area contributed by atoms with E-state index >= 15 is 0 Å². The van der Waals surface area contributed by atoms with E-state index in [1.54, 1.807) is 19.2 Å². The number of aliphatic imine (C=N–C) groups is 1. The maximum absolute atomic E-state index is 12.0. The van der Waals surface area contributed by atoms with Gasteiger partial charge in [-0.1, -0.05) is 40.2 Å². The number of rotatable bonds is 8. The first-order valence-corrected chi connectivity index (χ1v) is 9.07. The first-order valence-electron chi connectivity index (χ1n) is 8.27. The number of guanidine groups is 1. The lowest BCUT2D eigenvalue weighted by molar-refractivity contribution is 0.0953. The smallest absolute Gasteiger partial charge is 0.251 e. The van der Waals surface area contributed by atoms with Crippen LogP contribution in [-0.2, 0) is 11.3 Å². The number of carbonyl (C=O) groups excluding carboxylic acids is 1. The lowest BCUT2D eigenvalue weighted by atomic mass is 10.2. The summed E-state index contributed by atoms with van der Waals surface area (Å²) in [6, 6.07) is 15.0. The van der Waals surface area contributed by atoms with Gasteiger partial charge in [0.25, 0.3) is 5.91 Å². The van der Waals surface area contributed by atoms with Crippen LogP contribution in [0.1, 0.15) is 22.3 Å². The third-order valence-corrected chi connectivity index (χ3v) is 4.06. The van der Waals surface area contributed by atoms with Crippen LogP contribution in [-0.4, -0.2) is 32.1 Å². The number of nitrogens with zero attached hydrogens (tertiary/aromatic N) is 1. The van der Waals surface area contributed by atoms with Gasteiger partial charge in [-0.15, -0.1) is 0 Å². The van der Waals surface area contributed by atoms with Gasteiger partial charge in [0.15, 0.2) is 5.96 Å². The molecular weight excluding hydrogens is 396 g/mol. The average Bonchev–Trinajstić information content (AvgIpc) is 2.63. The molecule has 0 radical (unpaired) electrons. The van der Waals surface area contributed by atoms with Gasteiger partial charge in [-0.25, -0.2) is 0 Å². The summed E-state index contributed by atoms with van der Waals surface area (Å²) in [5, 5.41) is 5.95. The molecule has 0 heterocycles. The van der Waals surface area contributed by atoms with Gasteiger partial charge in [-0.3, -0.25) is 9.79 Å². The van der Waals surface area contributed by atoms with Gasteiger partial charge >= 0.3 is 0 Å². The molecule has 6 nitrogen and oxygen atoms in total. The molecule has 1 amide bonds. The monoisotopic (exact) mass is 418 g/mol. The Labute approximate surface area is 162 Å². The first-order chi connectivity index (χ1) is 12.6. The van der Waals surface area contributed by atoms with Crippen LogP contribution in [0.15, 0.2) is 58.0 Å². The average molecular weight is 419 g/mol. The lowest BCUT2D eigenvalue weighted by Gasteiger charge is -2.11. The number of halogens is 1. The summed E-state index contributed by atoms with van der Waals surface area (Å²) in [5.41, 5.74) is 8.43. The van der Waals surface area contributed by atoms with Crippen LogP contribution >= 0.6 is 15.9 Å². The van der Waals surface area contributed by atoms with Crippen LogP contribution in [0.4, 0.5) is 5.69 Å². The van der Waals surface area contributed by atoms with E-state index in [4.69, 9.17) is 10.5 Å². The van der Waals surface area contributed by atoms with E-state index in [9.17, 15) is 4.79 Å². The SMILES string of the molecule is COCc1ccccc1NC(N)=NCCCNC(=O)c1cccc(Br)c1. The van der Waals surface area contributed by atoms with Crippen molar-refractivity contribution in [2.24, 2.45) is 10.7 Å². The van der Waals surface area contributed by atoms with E-state index in [1.165, 1.54) is 0 Å². The van der Waals surface area contributed by atoms with Gasteiger partial charge in [0, 0.05) is 41.5 Å². The van der Waals surface area contributed by atoms with Gasteiger partial charge < -0.3 is 21.1 Å². The number of hydrogen-bond donors (Lipinski definition) is 3. The number of ether oxygens (including phenoxy) is 1. The Morgan fingerprint density at radius 1 is 1.23 bits per heavy atom. The Balaban J connectivity index is 1.75. The van der Waals surface area contributed by atoms with Crippen LogP contribution in [0, 0.1) is 0 Å². The van der Waals surface area contributed by atoms with Crippen LogP contribution in [0.3, 0.4) is 0 Å². The highest BCUT2D eigenvalue weighted by atomic mass is 79.9. The predicted molar refractivity (Wildman–Crippen MR) is 108 cm³/mol. The summed E-state index contributed by atoms with van der Waals surface area (Å²) in [7, 11) is 1.65. The number of para-hydroxylation sites is 1. The molecule has 138 valence electrons. The third kappa shape index (κ3) is 6.50. The molecule has 2 aromatic carbocycles. The summed E-state index contributed by atoms with van der Waals surface area (Å²) in [5.74, 6) is 0.238. The molecule has 2 aromatic rings. The minimum atomic E-state index is -0.102. The Kier molecular flexibility index (Phi) is 8.11. The number of amides is 1. The zero-order chi connectivity index (χ0) is 18.8. The van der Waals surface area contributed by atoms with Crippen LogP contribution in [0.25, 0.3) is 0 Å². The Morgan fingerprint density at radius 3 is 2.81 bits per heavy atom. The van der Waals surface area contributed by atoms with Crippen molar-refractivity contribution in [3.05, 3.63) is 64.1 Å². The summed E-state index contributed by atoms with van der Waals surface area (Å²) < 4.78 is 6.04. The van der Waals surface area contributed by atoms with E-state index in [-0.39, 0.29) is 5.91 Å². The molecule has 0 bridgehead atoms. The molecule has 0 spiro atoms. The van der Waals surface area contributed by atoms with E-state index < -0.39 is 0 Å². The van der Waals surface area contributed by atoms with Gasteiger partial charge in [0.1, 0.15) is 0 Å². The van der Waals surface area contributed by atoms with Crippen molar-refractivity contribution in [2.45, 2.75) is 13.0 Å². The minimum absolute atomic E-state index is 0.102. The third-order valence-electron chi connectivity index (χ3n) is 3.57. The topological polar surface area (TPSA) is 88.7 Å². The van der Waals surface area contributed by atoms with Crippen molar-refractivity contribution < 1.29 is 9.53 Å². The summed E-state index contributed by atoms with van der Waals surface area (Å²) >= 11 is 3.35. The number of benzene rings is 2. The fourth-order valence-corrected chi connectivity index (χ4v) is 2.71. The fourth-order valence-electron chi connectivity index (χ4n) is 2.31. The Morgan fingerprint density at radius 2 is 2.04 bits per heavy atom.